The molecule has 0 bridgehead atoms. The van der Waals surface area contributed by atoms with E-state index in [1.807, 2.05) is 0 Å². The van der Waals surface area contributed by atoms with Gasteiger partial charge >= 0.3 is 12.1 Å². The number of nitrogens with zero attached hydrogens (tertiary/aromatic N) is 3. The number of hydrogen-bond acceptors (Lipinski definition) is 6. The van der Waals surface area contributed by atoms with Gasteiger partial charge in [-0.25, -0.2) is 4.98 Å². The van der Waals surface area contributed by atoms with Gasteiger partial charge in [0.2, 0.25) is 5.89 Å². The number of benzene rings is 2. The number of hydrogen-bond donors (Lipinski definition) is 1. The van der Waals surface area contributed by atoms with Crippen LogP contribution in [0, 0.1) is 6.92 Å². The number of carbonyl (C=O) groups is 1. The van der Waals surface area contributed by atoms with Crippen molar-refractivity contribution in [2.24, 2.45) is 0 Å². The number of halogens is 3. The van der Waals surface area contributed by atoms with Gasteiger partial charge in [0.1, 0.15) is 18.1 Å². The van der Waals surface area contributed by atoms with Crippen LogP contribution >= 0.6 is 0 Å². The first-order chi connectivity index (χ1) is 18.2. The third-order valence-corrected chi connectivity index (χ3v) is 8.01. The fraction of sp³-hybridized carbons (Fsp3) is 0.385. The second-order valence-electron chi connectivity index (χ2n) is 9.12. The number of aliphatic carboxylic acids is 1. The Balaban J connectivity index is 1.66. The minimum absolute atomic E-state index is 0.165. The molecule has 0 unspecified atom stereocenters. The third kappa shape index (κ3) is 7.80. The minimum Gasteiger partial charge on any atom is -0.493 e. The summed E-state index contributed by atoms with van der Waals surface area (Å²) in [5.74, 6) is -0.126. The zero-order chi connectivity index (χ0) is 29.0. The van der Waals surface area contributed by atoms with Gasteiger partial charge in [-0.3, -0.25) is 4.79 Å². The van der Waals surface area contributed by atoms with Crippen molar-refractivity contribution in [1.82, 2.24) is 13.6 Å². The van der Waals surface area contributed by atoms with Crippen molar-refractivity contribution < 1.29 is 40.6 Å². The summed E-state index contributed by atoms with van der Waals surface area (Å²) < 4.78 is 77.7. The predicted octanol–water partition coefficient (Wildman–Crippen LogP) is 4.76. The Morgan fingerprint density at radius 2 is 1.82 bits per heavy atom. The molecule has 13 heteroatoms. The molecule has 0 radical (unpaired) electrons. The molecule has 0 aliphatic heterocycles. The van der Waals surface area contributed by atoms with Crippen LogP contribution in [0.4, 0.5) is 13.2 Å². The smallest absolute Gasteiger partial charge is 0.416 e. The molecule has 0 fully saturated rings. The summed E-state index contributed by atoms with van der Waals surface area (Å²) in [5, 5.41) is 9.26. The molecule has 1 heterocycles. The molecule has 9 nitrogen and oxygen atoms in total. The molecule has 1 aromatic heterocycles. The molecule has 0 spiro atoms. The SMILES string of the molecule is Cc1oc(-c2ccc(C(F)(F)F)cc2)nc1CCOc1cccc(CN(CC(=O)O)S(=O)(=O)N(C)C(C)C)c1. The van der Waals surface area contributed by atoms with Crippen LogP contribution in [-0.2, 0) is 34.1 Å². The van der Waals surface area contributed by atoms with E-state index in [0.29, 0.717) is 34.8 Å². The molecule has 0 saturated heterocycles. The van der Waals surface area contributed by atoms with Gasteiger partial charge in [-0.2, -0.15) is 30.2 Å². The maximum atomic E-state index is 12.9. The summed E-state index contributed by atoms with van der Waals surface area (Å²) in [6.45, 7) is 4.40. The molecule has 0 saturated carbocycles. The number of alkyl halides is 3. The summed E-state index contributed by atoms with van der Waals surface area (Å²) in [7, 11) is -2.63. The number of ether oxygens (including phenoxy) is 1. The Kier molecular flexibility index (Phi) is 9.41. The largest absolute Gasteiger partial charge is 0.493 e. The molecule has 39 heavy (non-hydrogen) atoms. The zero-order valence-corrected chi connectivity index (χ0v) is 22.7. The summed E-state index contributed by atoms with van der Waals surface area (Å²) in [6, 6.07) is 10.8. The van der Waals surface area contributed by atoms with Crippen LogP contribution in [-0.4, -0.2) is 59.3 Å². The van der Waals surface area contributed by atoms with Crippen LogP contribution in [0.5, 0.6) is 5.75 Å². The van der Waals surface area contributed by atoms with Crippen molar-refractivity contribution in [3.8, 4) is 17.2 Å². The van der Waals surface area contributed by atoms with E-state index in [2.05, 4.69) is 4.98 Å². The van der Waals surface area contributed by atoms with Crippen LogP contribution in [0.25, 0.3) is 11.5 Å². The molecule has 0 aliphatic carbocycles. The molecule has 1 N–H and O–H groups in total. The van der Waals surface area contributed by atoms with Gasteiger partial charge in [0.25, 0.3) is 10.2 Å². The van der Waals surface area contributed by atoms with E-state index in [0.717, 1.165) is 20.7 Å². The fourth-order valence-electron chi connectivity index (χ4n) is 3.61. The van der Waals surface area contributed by atoms with Crippen LogP contribution in [0.2, 0.25) is 0 Å². The summed E-state index contributed by atoms with van der Waals surface area (Å²) in [5.41, 5.74) is 0.768. The normalized spacial score (nSPS) is 12.5. The Labute approximate surface area is 225 Å². The number of carboxylic acid groups (broad SMARTS) is 1. The lowest BCUT2D eigenvalue weighted by Gasteiger charge is -2.28. The molecule has 0 amide bonds. The highest BCUT2D eigenvalue weighted by Gasteiger charge is 2.31. The molecule has 3 aromatic rings. The van der Waals surface area contributed by atoms with E-state index in [9.17, 15) is 31.5 Å². The molecule has 0 atom stereocenters. The van der Waals surface area contributed by atoms with Crippen molar-refractivity contribution in [1.29, 1.82) is 0 Å². The van der Waals surface area contributed by atoms with Gasteiger partial charge < -0.3 is 14.3 Å². The van der Waals surface area contributed by atoms with Crippen molar-refractivity contribution in [3.63, 3.8) is 0 Å². The van der Waals surface area contributed by atoms with Gasteiger partial charge in [-0.05, 0) is 62.7 Å². The van der Waals surface area contributed by atoms with Crippen molar-refractivity contribution in [2.75, 3.05) is 20.2 Å². The molecular formula is C26H30F3N3O6S. The van der Waals surface area contributed by atoms with Crippen LogP contribution in [0.3, 0.4) is 0 Å². The molecule has 0 aliphatic rings. The number of aromatic nitrogens is 1. The Morgan fingerprint density at radius 3 is 2.41 bits per heavy atom. The van der Waals surface area contributed by atoms with Gasteiger partial charge in [0, 0.05) is 31.6 Å². The Morgan fingerprint density at radius 1 is 1.15 bits per heavy atom. The second kappa shape index (κ2) is 12.2. The van der Waals surface area contributed by atoms with E-state index in [1.165, 1.54) is 19.2 Å². The number of oxazole rings is 1. The summed E-state index contributed by atoms with van der Waals surface area (Å²) >= 11 is 0. The first-order valence-corrected chi connectivity index (χ1v) is 13.4. The molecule has 2 aromatic carbocycles. The highest BCUT2D eigenvalue weighted by Crippen LogP contribution is 2.31. The van der Waals surface area contributed by atoms with E-state index in [1.54, 1.807) is 45.0 Å². The maximum Gasteiger partial charge on any atom is 0.416 e. The lowest BCUT2D eigenvalue weighted by atomic mass is 10.1. The zero-order valence-electron chi connectivity index (χ0n) is 21.9. The monoisotopic (exact) mass is 569 g/mol. The van der Waals surface area contributed by atoms with Gasteiger partial charge in [-0.1, -0.05) is 12.1 Å². The molecule has 3 rings (SSSR count). The quantitative estimate of drug-likeness (QED) is 0.335. The predicted molar refractivity (Wildman–Crippen MR) is 137 cm³/mol. The Hall–Kier alpha value is -3.42. The average Bonchev–Trinajstić information content (AvgIpc) is 3.23. The second-order valence-corrected chi connectivity index (χ2v) is 11.1. The summed E-state index contributed by atoms with van der Waals surface area (Å²) in [6.07, 6.45) is -4.09. The standard InChI is InChI=1S/C26H30F3N3O6S/c1-17(2)31(4)39(35,36)32(16-24(33)34)15-19-6-5-7-22(14-19)37-13-12-23-18(3)38-25(30-23)20-8-10-21(11-9-20)26(27,28)29/h5-11,14,17H,12-13,15-16H2,1-4H3,(H,33,34). The van der Waals surface area contributed by atoms with Crippen LogP contribution in [0.15, 0.2) is 52.9 Å². The van der Waals surface area contributed by atoms with E-state index in [-0.39, 0.29) is 25.1 Å². The first-order valence-electron chi connectivity index (χ1n) is 12.0. The van der Waals surface area contributed by atoms with E-state index in [4.69, 9.17) is 9.15 Å². The van der Waals surface area contributed by atoms with Crippen molar-refractivity contribution >= 4 is 16.2 Å². The Bertz CT molecular complexity index is 1390. The molecule has 212 valence electrons. The van der Waals surface area contributed by atoms with E-state index >= 15 is 0 Å². The third-order valence-electron chi connectivity index (χ3n) is 5.95. The van der Waals surface area contributed by atoms with Crippen LogP contribution in [0.1, 0.15) is 36.4 Å². The molecular weight excluding hydrogens is 539 g/mol. The number of aryl methyl sites for hydroxylation is 1. The highest BCUT2D eigenvalue weighted by molar-refractivity contribution is 7.86. The number of carboxylic acids is 1. The van der Waals surface area contributed by atoms with Crippen molar-refractivity contribution in [2.45, 2.75) is 46.0 Å². The lowest BCUT2D eigenvalue weighted by Crippen LogP contribution is -2.46. The fourth-order valence-corrected chi connectivity index (χ4v) is 5.09. The van der Waals surface area contributed by atoms with Gasteiger partial charge in [0.15, 0.2) is 0 Å². The summed E-state index contributed by atoms with van der Waals surface area (Å²) in [4.78, 5) is 15.7. The van der Waals surface area contributed by atoms with Gasteiger partial charge in [0.05, 0.1) is 17.9 Å². The lowest BCUT2D eigenvalue weighted by molar-refractivity contribution is -0.138. The highest BCUT2D eigenvalue weighted by atomic mass is 32.2. The average molecular weight is 570 g/mol. The van der Waals surface area contributed by atoms with Crippen molar-refractivity contribution in [3.05, 3.63) is 71.1 Å². The van der Waals surface area contributed by atoms with Gasteiger partial charge in [-0.15, -0.1) is 0 Å². The first kappa shape index (κ1) is 30.1. The number of rotatable bonds is 12. The van der Waals surface area contributed by atoms with E-state index < -0.39 is 34.5 Å². The van der Waals surface area contributed by atoms with Crippen LogP contribution < -0.4 is 4.74 Å². The topological polar surface area (TPSA) is 113 Å². The minimum atomic E-state index is -4.43. The maximum absolute atomic E-state index is 12.9.